The quantitative estimate of drug-likeness (QED) is 0.366. The predicted octanol–water partition coefficient (Wildman–Crippen LogP) is 1.67. The van der Waals surface area contributed by atoms with Crippen LogP contribution in [0.25, 0.3) is 0 Å². The van der Waals surface area contributed by atoms with Crippen LogP contribution < -0.4 is 4.74 Å². The lowest BCUT2D eigenvalue weighted by Crippen LogP contribution is -2.18. The molecule has 1 aromatic carbocycles. The summed E-state index contributed by atoms with van der Waals surface area (Å²) in [6.45, 7) is 0.218. The van der Waals surface area contributed by atoms with Gasteiger partial charge in [-0.2, -0.15) is 5.10 Å². The van der Waals surface area contributed by atoms with Crippen molar-refractivity contribution in [1.82, 2.24) is 14.6 Å². The Labute approximate surface area is 118 Å². The summed E-state index contributed by atoms with van der Waals surface area (Å²) >= 11 is 0. The molecule has 1 heterocycles. The maximum atomic E-state index is 5.58. The molecule has 0 saturated heterocycles. The standard InChI is InChI=1S/C15H16N4O/c1-4-11-20-14-8-6-5-7-13(14)15(17-18(2)3)19-10-9-16-12-19/h1,5-10,12H,11H2,2-3H3. The Morgan fingerprint density at radius 1 is 1.45 bits per heavy atom. The molecule has 1 aromatic heterocycles. The molecule has 0 spiro atoms. The lowest BCUT2D eigenvalue weighted by Gasteiger charge is -2.15. The Kier molecular flexibility index (Phi) is 4.40. The number of nitrogens with zero attached hydrogens (tertiary/aromatic N) is 4. The van der Waals surface area contributed by atoms with E-state index in [0.29, 0.717) is 5.75 Å². The highest BCUT2D eigenvalue weighted by atomic mass is 16.5. The van der Waals surface area contributed by atoms with Crippen LogP contribution in [-0.2, 0) is 0 Å². The van der Waals surface area contributed by atoms with Crippen molar-refractivity contribution in [2.45, 2.75) is 0 Å². The van der Waals surface area contributed by atoms with E-state index >= 15 is 0 Å². The number of ether oxygens (including phenoxy) is 1. The zero-order valence-corrected chi connectivity index (χ0v) is 11.5. The van der Waals surface area contributed by atoms with Crippen LogP contribution in [0.5, 0.6) is 5.75 Å². The molecular weight excluding hydrogens is 252 g/mol. The monoisotopic (exact) mass is 268 g/mol. The molecule has 0 amide bonds. The van der Waals surface area contributed by atoms with Gasteiger partial charge < -0.3 is 9.75 Å². The summed E-state index contributed by atoms with van der Waals surface area (Å²) in [7, 11) is 3.73. The third-order valence-electron chi connectivity index (χ3n) is 2.48. The minimum Gasteiger partial charge on any atom is -0.480 e. The van der Waals surface area contributed by atoms with Gasteiger partial charge in [-0.05, 0) is 12.1 Å². The number of aromatic nitrogens is 2. The fourth-order valence-corrected chi connectivity index (χ4v) is 1.72. The molecule has 0 radical (unpaired) electrons. The Hall–Kier alpha value is -2.74. The first-order chi connectivity index (χ1) is 9.72. The fourth-order valence-electron chi connectivity index (χ4n) is 1.72. The number of imidazole rings is 1. The molecule has 102 valence electrons. The molecule has 0 aliphatic heterocycles. The second-order valence-corrected chi connectivity index (χ2v) is 4.23. The SMILES string of the molecule is C#CCOc1ccccc1C(=NN(C)C)n1ccnc1. The van der Waals surface area contributed by atoms with Gasteiger partial charge in [0.1, 0.15) is 18.7 Å². The van der Waals surface area contributed by atoms with Gasteiger partial charge in [-0.3, -0.25) is 4.57 Å². The first kappa shape index (κ1) is 13.7. The summed E-state index contributed by atoms with van der Waals surface area (Å²) in [6, 6.07) is 7.64. The number of rotatable bonds is 4. The number of hydrogen-bond donors (Lipinski definition) is 0. The van der Waals surface area contributed by atoms with Gasteiger partial charge in [0.25, 0.3) is 0 Å². The lowest BCUT2D eigenvalue weighted by molar-refractivity contribution is 0.369. The normalized spacial score (nSPS) is 10.9. The van der Waals surface area contributed by atoms with Crippen molar-refractivity contribution in [1.29, 1.82) is 0 Å². The predicted molar refractivity (Wildman–Crippen MR) is 78.6 cm³/mol. The molecule has 0 bridgehead atoms. The summed E-state index contributed by atoms with van der Waals surface area (Å²) in [4.78, 5) is 4.06. The molecule has 0 unspecified atom stereocenters. The Morgan fingerprint density at radius 3 is 2.90 bits per heavy atom. The van der Waals surface area contributed by atoms with Crippen molar-refractivity contribution >= 4 is 5.84 Å². The molecule has 0 atom stereocenters. The fraction of sp³-hybridized carbons (Fsp3) is 0.200. The van der Waals surface area contributed by atoms with Crippen LogP contribution in [0.4, 0.5) is 0 Å². The van der Waals surface area contributed by atoms with E-state index in [1.807, 2.05) is 49.1 Å². The van der Waals surface area contributed by atoms with Gasteiger partial charge in [0, 0.05) is 26.5 Å². The van der Waals surface area contributed by atoms with Crippen LogP contribution in [0.2, 0.25) is 0 Å². The summed E-state index contributed by atoms with van der Waals surface area (Å²) in [5, 5.41) is 6.23. The minimum atomic E-state index is 0.218. The van der Waals surface area contributed by atoms with E-state index < -0.39 is 0 Å². The van der Waals surface area contributed by atoms with Gasteiger partial charge in [0.2, 0.25) is 0 Å². The second-order valence-electron chi connectivity index (χ2n) is 4.23. The van der Waals surface area contributed by atoms with E-state index in [2.05, 4.69) is 16.0 Å². The summed E-state index contributed by atoms with van der Waals surface area (Å²) in [5.41, 5.74) is 0.856. The van der Waals surface area contributed by atoms with Crippen LogP contribution in [0.3, 0.4) is 0 Å². The maximum Gasteiger partial charge on any atom is 0.168 e. The van der Waals surface area contributed by atoms with E-state index in [9.17, 15) is 0 Å². The Bertz CT molecular complexity index is 624. The van der Waals surface area contributed by atoms with Crippen LogP contribution in [0.15, 0.2) is 48.1 Å². The molecular formula is C15H16N4O. The number of hydrogen-bond acceptors (Lipinski definition) is 4. The van der Waals surface area contributed by atoms with E-state index in [1.54, 1.807) is 17.5 Å². The smallest absolute Gasteiger partial charge is 0.168 e. The zero-order valence-electron chi connectivity index (χ0n) is 11.5. The van der Waals surface area contributed by atoms with Gasteiger partial charge >= 0.3 is 0 Å². The second kappa shape index (κ2) is 6.43. The highest BCUT2D eigenvalue weighted by Crippen LogP contribution is 2.20. The average molecular weight is 268 g/mol. The molecule has 0 N–H and O–H groups in total. The highest BCUT2D eigenvalue weighted by Gasteiger charge is 2.12. The summed E-state index contributed by atoms with van der Waals surface area (Å²) in [6.07, 6.45) is 10.5. The Morgan fingerprint density at radius 2 is 2.25 bits per heavy atom. The Balaban J connectivity index is 2.47. The van der Waals surface area contributed by atoms with Gasteiger partial charge in [-0.1, -0.05) is 18.1 Å². The third-order valence-corrected chi connectivity index (χ3v) is 2.48. The van der Waals surface area contributed by atoms with Crippen molar-refractivity contribution in [3.63, 3.8) is 0 Å². The largest absolute Gasteiger partial charge is 0.480 e. The molecule has 0 saturated carbocycles. The van der Waals surface area contributed by atoms with E-state index in [1.165, 1.54) is 0 Å². The van der Waals surface area contributed by atoms with Crippen LogP contribution in [0, 0.1) is 12.3 Å². The molecule has 5 nitrogen and oxygen atoms in total. The van der Waals surface area contributed by atoms with Gasteiger partial charge in [-0.15, -0.1) is 6.42 Å². The van der Waals surface area contributed by atoms with Crippen molar-refractivity contribution in [3.8, 4) is 18.1 Å². The molecule has 5 heteroatoms. The molecule has 2 rings (SSSR count). The number of para-hydroxylation sites is 1. The van der Waals surface area contributed by atoms with Crippen molar-refractivity contribution in [3.05, 3.63) is 48.5 Å². The first-order valence-corrected chi connectivity index (χ1v) is 6.12. The average Bonchev–Trinajstić information content (AvgIpc) is 2.97. The number of terminal acetylenes is 1. The number of hydrazone groups is 1. The molecule has 2 aromatic rings. The highest BCUT2D eigenvalue weighted by molar-refractivity contribution is 6.02. The van der Waals surface area contributed by atoms with Crippen LogP contribution >= 0.6 is 0 Å². The van der Waals surface area contributed by atoms with Gasteiger partial charge in [0.05, 0.1) is 5.56 Å². The molecule has 0 aliphatic carbocycles. The zero-order chi connectivity index (χ0) is 14.4. The van der Waals surface area contributed by atoms with E-state index in [4.69, 9.17) is 11.2 Å². The maximum absolute atomic E-state index is 5.58. The molecule has 0 aliphatic rings. The van der Waals surface area contributed by atoms with Gasteiger partial charge in [-0.25, -0.2) is 4.98 Å². The first-order valence-electron chi connectivity index (χ1n) is 6.12. The van der Waals surface area contributed by atoms with Crippen molar-refractivity contribution < 1.29 is 4.74 Å². The minimum absolute atomic E-state index is 0.218. The molecule has 20 heavy (non-hydrogen) atoms. The van der Waals surface area contributed by atoms with Crippen molar-refractivity contribution in [2.75, 3.05) is 20.7 Å². The van der Waals surface area contributed by atoms with Gasteiger partial charge in [0.15, 0.2) is 5.84 Å². The summed E-state index contributed by atoms with van der Waals surface area (Å²) < 4.78 is 7.41. The van der Waals surface area contributed by atoms with Crippen LogP contribution in [0.1, 0.15) is 5.56 Å². The van der Waals surface area contributed by atoms with Crippen LogP contribution in [-0.4, -0.2) is 41.1 Å². The van der Waals surface area contributed by atoms with E-state index in [-0.39, 0.29) is 6.61 Å². The third kappa shape index (κ3) is 3.18. The lowest BCUT2D eigenvalue weighted by atomic mass is 10.2. The molecule has 0 fully saturated rings. The van der Waals surface area contributed by atoms with Crippen molar-refractivity contribution in [2.24, 2.45) is 5.10 Å². The van der Waals surface area contributed by atoms with E-state index in [0.717, 1.165) is 11.4 Å². The number of benzene rings is 1. The topological polar surface area (TPSA) is 42.6 Å². The summed E-state index contributed by atoms with van der Waals surface area (Å²) in [5.74, 6) is 3.88.